The first-order chi connectivity index (χ1) is 6.27. The van der Waals surface area contributed by atoms with E-state index in [1.54, 1.807) is 0 Å². The van der Waals surface area contributed by atoms with Gasteiger partial charge < -0.3 is 0 Å². The van der Waals surface area contributed by atoms with Gasteiger partial charge in [0.2, 0.25) is 0 Å². The van der Waals surface area contributed by atoms with E-state index in [0.717, 1.165) is 17.6 Å². The van der Waals surface area contributed by atoms with E-state index >= 15 is 0 Å². The van der Waals surface area contributed by atoms with Gasteiger partial charge in [-0.3, -0.25) is 4.79 Å². The molecule has 1 nitrogen and oxygen atoms in total. The third-order valence-corrected chi connectivity index (χ3v) is 2.38. The van der Waals surface area contributed by atoms with Crippen LogP contribution in [0.2, 0.25) is 0 Å². The molecular weight excluding hydrogens is 160 g/mol. The highest BCUT2D eigenvalue weighted by molar-refractivity contribution is 6.22. The highest BCUT2D eigenvalue weighted by atomic mass is 16.1. The summed E-state index contributed by atoms with van der Waals surface area (Å²) < 4.78 is 0. The maximum Gasteiger partial charge on any atom is 0.163 e. The van der Waals surface area contributed by atoms with E-state index in [9.17, 15) is 4.79 Å². The fraction of sp³-hybridized carbons (Fsp3) is 0.250. The molecular formula is C12H12O. The van der Waals surface area contributed by atoms with E-state index in [1.807, 2.05) is 30.3 Å². The van der Waals surface area contributed by atoms with Crippen LogP contribution in [0.5, 0.6) is 0 Å². The number of ketones is 1. The van der Waals surface area contributed by atoms with Crippen molar-refractivity contribution in [3.05, 3.63) is 41.5 Å². The number of benzene rings is 1. The summed E-state index contributed by atoms with van der Waals surface area (Å²) in [5.74, 6) is 0.281. The summed E-state index contributed by atoms with van der Waals surface area (Å²) in [5, 5.41) is 0. The van der Waals surface area contributed by atoms with Crippen molar-refractivity contribution >= 4 is 11.4 Å². The van der Waals surface area contributed by atoms with Crippen molar-refractivity contribution in [1.29, 1.82) is 0 Å². The van der Waals surface area contributed by atoms with Gasteiger partial charge in [-0.1, -0.05) is 35.9 Å². The van der Waals surface area contributed by atoms with Gasteiger partial charge >= 0.3 is 0 Å². The maximum atomic E-state index is 11.4. The molecule has 0 spiro atoms. The minimum absolute atomic E-state index is 0.281. The van der Waals surface area contributed by atoms with Crippen LogP contribution in [-0.2, 0) is 4.79 Å². The van der Waals surface area contributed by atoms with Gasteiger partial charge in [-0.2, -0.15) is 0 Å². The fourth-order valence-electron chi connectivity index (χ4n) is 1.61. The van der Waals surface area contributed by atoms with E-state index in [-0.39, 0.29) is 5.78 Å². The molecule has 1 aromatic rings. The Morgan fingerprint density at radius 2 is 1.85 bits per heavy atom. The molecule has 2 rings (SSSR count). The maximum absolute atomic E-state index is 11.4. The monoisotopic (exact) mass is 172 g/mol. The summed E-state index contributed by atoms with van der Waals surface area (Å²) >= 11 is 0. The lowest BCUT2D eigenvalue weighted by Gasteiger charge is -2.00. The molecule has 66 valence electrons. The molecule has 1 heteroatoms. The highest BCUT2D eigenvalue weighted by Gasteiger charge is 2.15. The Balaban J connectivity index is 2.36. The molecule has 1 aliphatic rings. The van der Waals surface area contributed by atoms with Crippen molar-refractivity contribution in [2.75, 3.05) is 0 Å². The van der Waals surface area contributed by atoms with Gasteiger partial charge in [0.25, 0.3) is 0 Å². The number of carbonyl (C=O) groups is 1. The average Bonchev–Trinajstić information content (AvgIpc) is 2.53. The first-order valence-corrected chi connectivity index (χ1v) is 4.58. The van der Waals surface area contributed by atoms with Gasteiger partial charge in [-0.25, -0.2) is 0 Å². The number of carbonyl (C=O) groups excluding carboxylic acids is 1. The molecule has 0 unspecified atom stereocenters. The number of hydrogen-bond acceptors (Lipinski definition) is 1. The summed E-state index contributed by atoms with van der Waals surface area (Å²) in [6.07, 6.45) is 3.62. The second-order valence-corrected chi connectivity index (χ2v) is 3.45. The summed E-state index contributed by atoms with van der Waals surface area (Å²) in [4.78, 5) is 11.4. The molecule has 0 heterocycles. The van der Waals surface area contributed by atoms with Gasteiger partial charge in [0, 0.05) is 12.0 Å². The molecule has 0 bridgehead atoms. The zero-order valence-electron chi connectivity index (χ0n) is 7.71. The van der Waals surface area contributed by atoms with E-state index in [2.05, 4.69) is 6.92 Å². The summed E-state index contributed by atoms with van der Waals surface area (Å²) in [5.41, 5.74) is 3.20. The van der Waals surface area contributed by atoms with Crippen molar-refractivity contribution < 1.29 is 4.79 Å². The van der Waals surface area contributed by atoms with Crippen LogP contribution in [-0.4, -0.2) is 5.78 Å². The molecule has 13 heavy (non-hydrogen) atoms. The Bertz CT molecular complexity index is 357. The molecule has 1 aromatic carbocycles. The topological polar surface area (TPSA) is 17.1 Å². The third kappa shape index (κ3) is 1.55. The number of aryl methyl sites for hydroxylation is 1. The quantitative estimate of drug-likeness (QED) is 0.636. The van der Waals surface area contributed by atoms with Crippen molar-refractivity contribution in [2.45, 2.75) is 19.8 Å². The summed E-state index contributed by atoms with van der Waals surface area (Å²) in [6, 6.07) is 8.12. The van der Waals surface area contributed by atoms with E-state index in [1.165, 1.54) is 5.56 Å². The lowest BCUT2D eigenvalue weighted by molar-refractivity contribution is -0.113. The first-order valence-electron chi connectivity index (χ1n) is 4.58. The normalized spacial score (nSPS) is 16.1. The number of hydrogen-bond donors (Lipinski definition) is 0. The van der Waals surface area contributed by atoms with Crippen LogP contribution in [0.1, 0.15) is 24.0 Å². The Labute approximate surface area is 78.1 Å². The van der Waals surface area contributed by atoms with Crippen LogP contribution in [0.15, 0.2) is 30.3 Å². The molecule has 0 saturated heterocycles. The molecule has 0 saturated carbocycles. The van der Waals surface area contributed by atoms with Crippen LogP contribution < -0.4 is 0 Å². The van der Waals surface area contributed by atoms with E-state index in [4.69, 9.17) is 0 Å². The van der Waals surface area contributed by atoms with Gasteiger partial charge in [0.1, 0.15) is 0 Å². The summed E-state index contributed by atoms with van der Waals surface area (Å²) in [6.45, 7) is 2.05. The Kier molecular flexibility index (Phi) is 2.01. The summed E-state index contributed by atoms with van der Waals surface area (Å²) in [7, 11) is 0. The predicted octanol–water partition coefficient (Wildman–Crippen LogP) is 2.74. The minimum atomic E-state index is 0.281. The average molecular weight is 172 g/mol. The van der Waals surface area contributed by atoms with Gasteiger partial charge in [0.15, 0.2) is 5.78 Å². The van der Waals surface area contributed by atoms with E-state index in [0.29, 0.717) is 6.42 Å². The Morgan fingerprint density at radius 3 is 2.38 bits per heavy atom. The largest absolute Gasteiger partial charge is 0.294 e. The smallest absolute Gasteiger partial charge is 0.163 e. The van der Waals surface area contributed by atoms with Crippen LogP contribution in [0.3, 0.4) is 0 Å². The van der Waals surface area contributed by atoms with Crippen molar-refractivity contribution in [3.63, 3.8) is 0 Å². The van der Waals surface area contributed by atoms with Crippen LogP contribution in [0.25, 0.3) is 5.57 Å². The van der Waals surface area contributed by atoms with Crippen LogP contribution in [0, 0.1) is 6.92 Å². The third-order valence-electron chi connectivity index (χ3n) is 2.38. The second kappa shape index (κ2) is 3.17. The second-order valence-electron chi connectivity index (χ2n) is 3.45. The molecule has 0 atom stereocenters. The molecule has 0 aliphatic heterocycles. The Hall–Kier alpha value is -1.37. The molecule has 0 radical (unpaired) electrons. The molecule has 0 fully saturated rings. The number of rotatable bonds is 1. The van der Waals surface area contributed by atoms with Crippen molar-refractivity contribution in [1.82, 2.24) is 0 Å². The predicted molar refractivity (Wildman–Crippen MR) is 53.4 cm³/mol. The lowest BCUT2D eigenvalue weighted by atomic mass is 10.0. The molecule has 1 aliphatic carbocycles. The van der Waals surface area contributed by atoms with Gasteiger partial charge in [-0.05, 0) is 18.9 Å². The zero-order chi connectivity index (χ0) is 9.26. The highest BCUT2D eigenvalue weighted by Crippen LogP contribution is 2.24. The fourth-order valence-corrected chi connectivity index (χ4v) is 1.61. The van der Waals surface area contributed by atoms with Crippen LogP contribution >= 0.6 is 0 Å². The van der Waals surface area contributed by atoms with Gasteiger partial charge in [0.05, 0.1) is 0 Å². The lowest BCUT2D eigenvalue weighted by Crippen LogP contribution is -1.94. The standard InChI is InChI=1S/C12H12O/c1-9-5-7-10(8-6-9)11-3-2-4-12(11)13/h3,5-8H,2,4H2,1H3. The molecule has 0 N–H and O–H groups in total. The number of allylic oxidation sites excluding steroid dienone is 2. The van der Waals surface area contributed by atoms with Crippen LogP contribution in [0.4, 0.5) is 0 Å². The van der Waals surface area contributed by atoms with Crippen molar-refractivity contribution in [3.8, 4) is 0 Å². The Morgan fingerprint density at radius 1 is 1.15 bits per heavy atom. The van der Waals surface area contributed by atoms with E-state index < -0.39 is 0 Å². The first kappa shape index (κ1) is 8.24. The van der Waals surface area contributed by atoms with Gasteiger partial charge in [-0.15, -0.1) is 0 Å². The molecule has 0 amide bonds. The SMILES string of the molecule is Cc1ccc(C2=CCCC2=O)cc1. The molecule has 0 aromatic heterocycles. The minimum Gasteiger partial charge on any atom is -0.294 e. The van der Waals surface area contributed by atoms with Crippen molar-refractivity contribution in [2.24, 2.45) is 0 Å². The number of Topliss-reactive ketones (excluding diaryl/α,β-unsaturated/α-hetero) is 1. The zero-order valence-corrected chi connectivity index (χ0v) is 7.71.